The fourth-order valence-electron chi connectivity index (χ4n) is 4.92. The van der Waals surface area contributed by atoms with E-state index in [1.807, 2.05) is 24.3 Å². The van der Waals surface area contributed by atoms with Crippen LogP contribution in [0.3, 0.4) is 0 Å². The average Bonchev–Trinajstić information content (AvgIpc) is 2.85. The number of hydrogen-bond acceptors (Lipinski definition) is 5. The molecule has 1 amide bonds. The number of aromatic nitrogens is 1. The normalized spacial score (nSPS) is 16.4. The lowest BCUT2D eigenvalue weighted by atomic mass is 9.93. The number of piperazine rings is 1. The van der Waals surface area contributed by atoms with Gasteiger partial charge >= 0.3 is 0 Å². The molecule has 2 aliphatic rings. The minimum absolute atomic E-state index is 0.0926. The van der Waals surface area contributed by atoms with E-state index < -0.39 is 11.8 Å². The summed E-state index contributed by atoms with van der Waals surface area (Å²) in [6.07, 6.45) is 0.586. The van der Waals surface area contributed by atoms with Gasteiger partial charge in [-0.3, -0.25) is 9.69 Å². The Bertz CT molecular complexity index is 1270. The molecule has 1 fully saturated rings. The van der Waals surface area contributed by atoms with Crippen LogP contribution in [0.4, 0.5) is 20.3 Å². The fourth-order valence-corrected chi connectivity index (χ4v) is 4.92. The number of halogens is 2. The molecule has 0 atom stereocenters. The Kier molecular flexibility index (Phi) is 6.15. The summed E-state index contributed by atoms with van der Waals surface area (Å²) < 4.78 is 29.9. The van der Waals surface area contributed by atoms with Crippen molar-refractivity contribution in [1.82, 2.24) is 15.2 Å². The summed E-state index contributed by atoms with van der Waals surface area (Å²) in [4.78, 5) is 20.7. The van der Waals surface area contributed by atoms with Crippen LogP contribution in [-0.4, -0.2) is 54.6 Å². The van der Waals surface area contributed by atoms with Gasteiger partial charge in [0.1, 0.15) is 11.6 Å². The number of nitrogen functional groups attached to an aromatic ring is 1. The lowest BCUT2D eigenvalue weighted by Gasteiger charge is -2.38. The van der Waals surface area contributed by atoms with Gasteiger partial charge in [0.2, 0.25) is 5.95 Å². The summed E-state index contributed by atoms with van der Waals surface area (Å²) in [7, 11) is 0. The maximum atomic E-state index is 15.0. The SMILES string of the molecule is CC(C)N1CCN(c2ccc(-c3cc(-c4cc5c(cc4F)C(=O)NCC5)c(N)nc3F)cc2)CC1. The van der Waals surface area contributed by atoms with Crippen LogP contribution in [0.1, 0.15) is 29.8 Å². The van der Waals surface area contributed by atoms with Gasteiger partial charge in [-0.05, 0) is 61.7 Å². The zero-order chi connectivity index (χ0) is 24.7. The molecule has 8 heteroatoms. The predicted molar refractivity (Wildman–Crippen MR) is 134 cm³/mol. The summed E-state index contributed by atoms with van der Waals surface area (Å²) in [6, 6.07) is 12.6. The second-order valence-electron chi connectivity index (χ2n) is 9.42. The van der Waals surface area contributed by atoms with E-state index in [1.165, 1.54) is 6.07 Å². The Balaban J connectivity index is 1.45. The number of carbonyl (C=O) groups excluding carboxylic acids is 1. The molecule has 182 valence electrons. The van der Waals surface area contributed by atoms with Crippen molar-refractivity contribution in [3.05, 3.63) is 65.4 Å². The van der Waals surface area contributed by atoms with Crippen LogP contribution in [0.2, 0.25) is 0 Å². The molecule has 2 aliphatic heterocycles. The Morgan fingerprint density at radius 3 is 2.34 bits per heavy atom. The number of carbonyl (C=O) groups is 1. The molecule has 0 radical (unpaired) electrons. The quantitative estimate of drug-likeness (QED) is 0.554. The van der Waals surface area contributed by atoms with Gasteiger partial charge in [0.15, 0.2) is 0 Å². The molecule has 5 rings (SSSR count). The van der Waals surface area contributed by atoms with Crippen LogP contribution >= 0.6 is 0 Å². The van der Waals surface area contributed by atoms with Crippen molar-refractivity contribution in [3.8, 4) is 22.3 Å². The highest BCUT2D eigenvalue weighted by molar-refractivity contribution is 5.97. The number of hydrogen-bond donors (Lipinski definition) is 2. The van der Waals surface area contributed by atoms with Gasteiger partial charge in [-0.2, -0.15) is 4.39 Å². The molecular weight excluding hydrogens is 448 g/mol. The van der Waals surface area contributed by atoms with Crippen LogP contribution in [0.15, 0.2) is 42.5 Å². The van der Waals surface area contributed by atoms with Crippen molar-refractivity contribution in [2.24, 2.45) is 0 Å². The summed E-state index contributed by atoms with van der Waals surface area (Å²) >= 11 is 0. The van der Waals surface area contributed by atoms with E-state index in [0.29, 0.717) is 35.7 Å². The molecular formula is C27H29F2N5O. The molecule has 2 aromatic carbocycles. The number of nitrogens with two attached hydrogens (primary N) is 1. The largest absolute Gasteiger partial charge is 0.383 e. The third-order valence-corrected chi connectivity index (χ3v) is 7.00. The third kappa shape index (κ3) is 4.46. The third-order valence-electron chi connectivity index (χ3n) is 7.00. The van der Waals surface area contributed by atoms with Crippen LogP contribution in [0, 0.1) is 11.8 Å². The maximum Gasteiger partial charge on any atom is 0.251 e. The van der Waals surface area contributed by atoms with Gasteiger partial charge in [0, 0.05) is 66.7 Å². The predicted octanol–water partition coefficient (Wildman–Crippen LogP) is 4.09. The van der Waals surface area contributed by atoms with Crippen molar-refractivity contribution in [3.63, 3.8) is 0 Å². The number of fused-ring (bicyclic) bond motifs is 1. The highest BCUT2D eigenvalue weighted by Crippen LogP contribution is 2.35. The number of rotatable bonds is 4. The number of nitrogens with one attached hydrogen (secondary N) is 1. The minimum Gasteiger partial charge on any atom is -0.383 e. The molecule has 3 aromatic rings. The molecule has 3 N–H and O–H groups in total. The highest BCUT2D eigenvalue weighted by atomic mass is 19.1. The topological polar surface area (TPSA) is 74.5 Å². The van der Waals surface area contributed by atoms with Gasteiger partial charge in [-0.15, -0.1) is 0 Å². The van der Waals surface area contributed by atoms with Gasteiger partial charge < -0.3 is 16.0 Å². The summed E-state index contributed by atoms with van der Waals surface area (Å²) in [5.74, 6) is -1.69. The lowest BCUT2D eigenvalue weighted by Crippen LogP contribution is -2.48. The van der Waals surface area contributed by atoms with Crippen molar-refractivity contribution >= 4 is 17.4 Å². The van der Waals surface area contributed by atoms with Crippen LogP contribution in [-0.2, 0) is 6.42 Å². The van der Waals surface area contributed by atoms with E-state index in [1.54, 1.807) is 12.1 Å². The first-order chi connectivity index (χ1) is 16.8. The monoisotopic (exact) mass is 477 g/mol. The molecule has 0 unspecified atom stereocenters. The molecule has 35 heavy (non-hydrogen) atoms. The van der Waals surface area contributed by atoms with E-state index in [0.717, 1.165) is 37.4 Å². The maximum absolute atomic E-state index is 15.0. The van der Waals surface area contributed by atoms with Crippen molar-refractivity contribution in [2.75, 3.05) is 43.4 Å². The molecule has 0 spiro atoms. The molecule has 0 bridgehead atoms. The van der Waals surface area contributed by atoms with Crippen LogP contribution < -0.4 is 16.0 Å². The number of amides is 1. The standard InChI is InChI=1S/C27H29F2N5O/c1-16(2)33-9-11-34(12-10-33)19-5-3-17(4-6-19)20-14-23(26(30)32-25(20)29)22-13-18-7-8-31-27(35)21(18)15-24(22)28/h3-6,13-16H,7-12H2,1-2H3,(H2,30,32)(H,31,35). The first-order valence-electron chi connectivity index (χ1n) is 12.0. The molecule has 0 aliphatic carbocycles. The van der Waals surface area contributed by atoms with E-state index in [-0.39, 0.29) is 22.9 Å². The number of benzene rings is 2. The Morgan fingerprint density at radius 1 is 0.943 bits per heavy atom. The number of nitrogens with zero attached hydrogens (tertiary/aromatic N) is 3. The van der Waals surface area contributed by atoms with Gasteiger partial charge in [0.25, 0.3) is 5.91 Å². The Hall–Kier alpha value is -3.52. The highest BCUT2D eigenvalue weighted by Gasteiger charge is 2.23. The van der Waals surface area contributed by atoms with Gasteiger partial charge in [-0.25, -0.2) is 9.37 Å². The molecule has 0 saturated carbocycles. The van der Waals surface area contributed by atoms with Gasteiger partial charge in [0.05, 0.1) is 0 Å². The number of anilines is 2. The molecule has 1 aromatic heterocycles. The summed E-state index contributed by atoms with van der Waals surface area (Å²) in [5.41, 5.74) is 9.56. The van der Waals surface area contributed by atoms with Crippen LogP contribution in [0.25, 0.3) is 22.3 Å². The zero-order valence-electron chi connectivity index (χ0n) is 19.9. The van der Waals surface area contributed by atoms with Gasteiger partial charge in [-0.1, -0.05) is 12.1 Å². The summed E-state index contributed by atoms with van der Waals surface area (Å²) in [5, 5.41) is 2.71. The second kappa shape index (κ2) is 9.26. The molecule has 6 nitrogen and oxygen atoms in total. The smallest absolute Gasteiger partial charge is 0.251 e. The molecule has 1 saturated heterocycles. The Labute approximate surface area is 203 Å². The van der Waals surface area contributed by atoms with E-state index in [2.05, 4.69) is 33.9 Å². The van der Waals surface area contributed by atoms with E-state index >= 15 is 4.39 Å². The summed E-state index contributed by atoms with van der Waals surface area (Å²) in [6.45, 7) is 8.80. The van der Waals surface area contributed by atoms with Crippen molar-refractivity contribution < 1.29 is 13.6 Å². The first kappa shape index (κ1) is 23.2. The minimum atomic E-state index is -0.706. The van der Waals surface area contributed by atoms with Crippen LogP contribution in [0.5, 0.6) is 0 Å². The fraction of sp³-hybridized carbons (Fsp3) is 0.333. The van der Waals surface area contributed by atoms with E-state index in [9.17, 15) is 9.18 Å². The van der Waals surface area contributed by atoms with E-state index in [4.69, 9.17) is 5.73 Å². The first-order valence-corrected chi connectivity index (χ1v) is 12.0. The Morgan fingerprint density at radius 2 is 1.66 bits per heavy atom. The number of pyridine rings is 1. The van der Waals surface area contributed by atoms with Crippen molar-refractivity contribution in [2.45, 2.75) is 26.3 Å². The zero-order valence-corrected chi connectivity index (χ0v) is 19.9. The average molecular weight is 478 g/mol. The second-order valence-corrected chi connectivity index (χ2v) is 9.42. The van der Waals surface area contributed by atoms with Crippen molar-refractivity contribution in [1.29, 1.82) is 0 Å². The molecule has 3 heterocycles. The lowest BCUT2D eigenvalue weighted by molar-refractivity contribution is 0.0945.